The SMILES string of the molecule is Cc1cc(C)cc(Cn2c3cccc(C(N)=O)c3c3c(C(O)C(=O)O)cccc32)c1. The number of hydrogen-bond donors (Lipinski definition) is 3. The Bertz CT molecular complexity index is 1300. The van der Waals surface area contributed by atoms with E-state index in [9.17, 15) is 19.8 Å². The molecule has 0 aliphatic carbocycles. The van der Waals surface area contributed by atoms with E-state index in [1.54, 1.807) is 24.3 Å². The van der Waals surface area contributed by atoms with Crippen molar-refractivity contribution in [3.8, 4) is 0 Å². The van der Waals surface area contributed by atoms with Gasteiger partial charge in [0.15, 0.2) is 6.10 Å². The van der Waals surface area contributed by atoms with E-state index in [4.69, 9.17) is 5.73 Å². The number of carboxylic acid groups (broad SMARTS) is 1. The van der Waals surface area contributed by atoms with Crippen LogP contribution >= 0.6 is 0 Å². The lowest BCUT2D eigenvalue weighted by molar-refractivity contribution is -0.146. The summed E-state index contributed by atoms with van der Waals surface area (Å²) in [5.74, 6) is -1.96. The number of fused-ring (bicyclic) bond motifs is 3. The fourth-order valence-corrected chi connectivity index (χ4v) is 4.29. The topological polar surface area (TPSA) is 106 Å². The molecule has 0 saturated carbocycles. The molecule has 0 aliphatic heterocycles. The summed E-state index contributed by atoms with van der Waals surface area (Å²) in [6, 6.07) is 16.7. The van der Waals surface area contributed by atoms with E-state index in [2.05, 4.69) is 18.2 Å². The fourth-order valence-electron chi connectivity index (χ4n) is 4.29. The van der Waals surface area contributed by atoms with Gasteiger partial charge in [-0.25, -0.2) is 4.79 Å². The molecule has 1 unspecified atom stereocenters. The first-order valence-electron chi connectivity index (χ1n) is 9.59. The molecule has 4 aromatic rings. The van der Waals surface area contributed by atoms with E-state index in [-0.39, 0.29) is 5.56 Å². The fraction of sp³-hybridized carbons (Fsp3) is 0.167. The molecular weight excluding hydrogens is 380 g/mol. The second-order valence-corrected chi connectivity index (χ2v) is 7.63. The number of aryl methyl sites for hydroxylation is 2. The zero-order chi connectivity index (χ0) is 21.6. The number of hydrogen-bond acceptors (Lipinski definition) is 3. The van der Waals surface area contributed by atoms with Gasteiger partial charge in [0.1, 0.15) is 0 Å². The van der Waals surface area contributed by atoms with Gasteiger partial charge in [-0.1, -0.05) is 47.5 Å². The van der Waals surface area contributed by atoms with Gasteiger partial charge in [0.25, 0.3) is 0 Å². The highest BCUT2D eigenvalue weighted by Crippen LogP contribution is 2.37. The third kappa shape index (κ3) is 3.21. The molecule has 0 radical (unpaired) electrons. The van der Waals surface area contributed by atoms with Gasteiger partial charge in [-0.3, -0.25) is 4.79 Å². The van der Waals surface area contributed by atoms with Crippen LogP contribution in [0.5, 0.6) is 0 Å². The quantitative estimate of drug-likeness (QED) is 0.473. The molecule has 1 atom stereocenters. The van der Waals surface area contributed by atoms with E-state index in [0.717, 1.165) is 27.7 Å². The summed E-state index contributed by atoms with van der Waals surface area (Å²) in [6.07, 6.45) is -1.71. The summed E-state index contributed by atoms with van der Waals surface area (Å²) in [4.78, 5) is 23.7. The maximum atomic E-state index is 12.2. The highest BCUT2D eigenvalue weighted by Gasteiger charge is 2.24. The number of primary amides is 1. The average molecular weight is 402 g/mol. The van der Waals surface area contributed by atoms with Crippen LogP contribution in [-0.4, -0.2) is 26.7 Å². The van der Waals surface area contributed by atoms with E-state index >= 15 is 0 Å². The Kier molecular flexibility index (Phi) is 4.79. The number of nitrogens with zero attached hydrogens (tertiary/aromatic N) is 1. The Morgan fingerprint density at radius 3 is 2.17 bits per heavy atom. The minimum atomic E-state index is -1.71. The normalized spacial score (nSPS) is 12.4. The largest absolute Gasteiger partial charge is 0.479 e. The van der Waals surface area contributed by atoms with Crippen LogP contribution in [-0.2, 0) is 11.3 Å². The van der Waals surface area contributed by atoms with Gasteiger partial charge in [0, 0.05) is 34.0 Å². The molecule has 0 saturated heterocycles. The number of nitrogens with two attached hydrogens (primary N) is 1. The maximum Gasteiger partial charge on any atom is 0.337 e. The maximum absolute atomic E-state index is 12.2. The summed E-state index contributed by atoms with van der Waals surface area (Å²) in [7, 11) is 0. The molecule has 1 aromatic heterocycles. The van der Waals surface area contributed by atoms with Crippen molar-refractivity contribution in [1.29, 1.82) is 0 Å². The van der Waals surface area contributed by atoms with Crippen molar-refractivity contribution in [1.82, 2.24) is 4.57 Å². The first-order chi connectivity index (χ1) is 14.3. The monoisotopic (exact) mass is 402 g/mol. The number of aromatic nitrogens is 1. The minimum absolute atomic E-state index is 0.234. The van der Waals surface area contributed by atoms with Crippen LogP contribution in [0.1, 0.15) is 38.7 Å². The van der Waals surface area contributed by atoms with Crippen molar-refractivity contribution in [3.63, 3.8) is 0 Å². The second kappa shape index (κ2) is 7.31. The molecule has 1 amide bonds. The third-order valence-corrected chi connectivity index (χ3v) is 5.36. The first kappa shape index (κ1) is 19.7. The third-order valence-electron chi connectivity index (χ3n) is 5.36. The van der Waals surface area contributed by atoms with Crippen molar-refractivity contribution in [2.24, 2.45) is 5.73 Å². The van der Waals surface area contributed by atoms with Crippen LogP contribution in [0.3, 0.4) is 0 Å². The first-order valence-corrected chi connectivity index (χ1v) is 9.59. The standard InChI is InChI=1S/C24H22N2O4/c1-13-9-14(2)11-15(10-13)12-26-18-7-3-5-16(22(27)24(29)30)20(18)21-17(23(25)28)6-4-8-19(21)26/h3-11,22,27H,12H2,1-2H3,(H2,25,28)(H,29,30). The minimum Gasteiger partial charge on any atom is -0.479 e. The number of aliphatic hydroxyl groups is 1. The molecule has 0 bridgehead atoms. The van der Waals surface area contributed by atoms with E-state index in [1.807, 2.05) is 30.5 Å². The number of rotatable bonds is 5. The molecule has 4 N–H and O–H groups in total. The Morgan fingerprint density at radius 2 is 1.57 bits per heavy atom. The molecule has 6 nitrogen and oxygen atoms in total. The number of amides is 1. The lowest BCUT2D eigenvalue weighted by atomic mass is 9.99. The lowest BCUT2D eigenvalue weighted by Gasteiger charge is -2.11. The molecule has 4 rings (SSSR count). The molecular formula is C24H22N2O4. The smallest absolute Gasteiger partial charge is 0.337 e. The molecule has 30 heavy (non-hydrogen) atoms. The highest BCUT2D eigenvalue weighted by molar-refractivity contribution is 6.19. The van der Waals surface area contributed by atoms with Crippen molar-refractivity contribution in [2.45, 2.75) is 26.5 Å². The molecule has 0 spiro atoms. The zero-order valence-corrected chi connectivity index (χ0v) is 16.7. The predicted molar refractivity (Wildman–Crippen MR) is 116 cm³/mol. The summed E-state index contributed by atoms with van der Waals surface area (Å²) in [5.41, 5.74) is 11.0. The summed E-state index contributed by atoms with van der Waals surface area (Å²) >= 11 is 0. The summed E-state index contributed by atoms with van der Waals surface area (Å²) < 4.78 is 2.03. The molecule has 3 aromatic carbocycles. The van der Waals surface area contributed by atoms with Crippen molar-refractivity contribution >= 4 is 33.7 Å². The van der Waals surface area contributed by atoms with E-state index in [0.29, 0.717) is 22.9 Å². The van der Waals surface area contributed by atoms with Gasteiger partial charge in [-0.05, 0) is 37.6 Å². The second-order valence-electron chi connectivity index (χ2n) is 7.63. The number of carbonyl (C=O) groups excluding carboxylic acids is 1. The Hall–Kier alpha value is -3.64. The van der Waals surface area contributed by atoms with Crippen molar-refractivity contribution in [2.75, 3.05) is 0 Å². The van der Waals surface area contributed by atoms with Gasteiger partial charge in [-0.2, -0.15) is 0 Å². The van der Waals surface area contributed by atoms with Gasteiger partial charge in [-0.15, -0.1) is 0 Å². The van der Waals surface area contributed by atoms with Crippen LogP contribution in [0.25, 0.3) is 21.8 Å². The van der Waals surface area contributed by atoms with Gasteiger partial charge in [0.2, 0.25) is 5.91 Å². The molecule has 1 heterocycles. The average Bonchev–Trinajstić information content (AvgIpc) is 3.00. The van der Waals surface area contributed by atoms with Crippen molar-refractivity contribution < 1.29 is 19.8 Å². The number of aliphatic hydroxyl groups excluding tert-OH is 1. The Morgan fingerprint density at radius 1 is 0.967 bits per heavy atom. The predicted octanol–water partition coefficient (Wildman–Crippen LogP) is 3.68. The number of carbonyl (C=O) groups is 2. The van der Waals surface area contributed by atoms with Crippen LogP contribution in [0.2, 0.25) is 0 Å². The summed E-state index contributed by atoms with van der Waals surface area (Å²) in [6.45, 7) is 4.60. The van der Waals surface area contributed by atoms with Crippen LogP contribution in [0.15, 0.2) is 54.6 Å². The molecule has 0 aliphatic rings. The van der Waals surface area contributed by atoms with Gasteiger partial charge >= 0.3 is 5.97 Å². The number of benzene rings is 3. The van der Waals surface area contributed by atoms with Crippen LogP contribution in [0.4, 0.5) is 0 Å². The van der Waals surface area contributed by atoms with Crippen molar-refractivity contribution in [3.05, 3.63) is 82.4 Å². The molecule has 152 valence electrons. The van der Waals surface area contributed by atoms with Gasteiger partial charge in [0.05, 0.1) is 5.52 Å². The van der Waals surface area contributed by atoms with Crippen LogP contribution < -0.4 is 5.73 Å². The summed E-state index contributed by atoms with van der Waals surface area (Å²) in [5, 5.41) is 20.8. The molecule has 6 heteroatoms. The van der Waals surface area contributed by atoms with Gasteiger partial charge < -0.3 is 20.5 Å². The number of carboxylic acids is 1. The Balaban J connectivity index is 2.09. The zero-order valence-electron chi connectivity index (χ0n) is 16.7. The lowest BCUT2D eigenvalue weighted by Crippen LogP contribution is -2.12. The molecule has 0 fully saturated rings. The van der Waals surface area contributed by atoms with E-state index < -0.39 is 18.0 Å². The highest BCUT2D eigenvalue weighted by atomic mass is 16.4. The number of aliphatic carboxylic acids is 1. The van der Waals surface area contributed by atoms with Crippen LogP contribution in [0, 0.1) is 13.8 Å². The van der Waals surface area contributed by atoms with E-state index in [1.165, 1.54) is 0 Å². The Labute approximate surface area is 173 Å².